The Bertz CT molecular complexity index is 338. The van der Waals surface area contributed by atoms with Crippen LogP contribution in [0.1, 0.15) is 37.4 Å². The van der Waals surface area contributed by atoms with Crippen molar-refractivity contribution in [2.24, 2.45) is 7.05 Å². The fourth-order valence-electron chi connectivity index (χ4n) is 2.42. The molecular formula is C11H19N3. The van der Waals surface area contributed by atoms with Gasteiger partial charge in [-0.1, -0.05) is 0 Å². The lowest BCUT2D eigenvalue weighted by Gasteiger charge is -2.27. The molecule has 0 radical (unpaired) electrons. The minimum absolute atomic E-state index is 0.216. The van der Waals surface area contributed by atoms with Crippen molar-refractivity contribution in [3.63, 3.8) is 0 Å². The van der Waals surface area contributed by atoms with Gasteiger partial charge in [-0.3, -0.25) is 4.68 Å². The molecule has 1 aliphatic rings. The molecule has 2 heterocycles. The molecule has 78 valence electrons. The lowest BCUT2D eigenvalue weighted by molar-refractivity contribution is 0.409. The van der Waals surface area contributed by atoms with Gasteiger partial charge in [0.15, 0.2) is 0 Å². The van der Waals surface area contributed by atoms with Crippen LogP contribution in [0, 0.1) is 6.92 Å². The van der Waals surface area contributed by atoms with Crippen molar-refractivity contribution in [1.29, 1.82) is 0 Å². The van der Waals surface area contributed by atoms with E-state index >= 15 is 0 Å². The highest BCUT2D eigenvalue weighted by Crippen LogP contribution is 2.36. The van der Waals surface area contributed by atoms with Gasteiger partial charge < -0.3 is 5.32 Å². The molecule has 0 saturated carbocycles. The zero-order valence-electron chi connectivity index (χ0n) is 9.46. The van der Waals surface area contributed by atoms with Crippen LogP contribution in [-0.2, 0) is 7.05 Å². The van der Waals surface area contributed by atoms with Crippen LogP contribution in [-0.4, -0.2) is 21.9 Å². The number of hydrogen-bond donors (Lipinski definition) is 1. The topological polar surface area (TPSA) is 29.9 Å². The van der Waals surface area contributed by atoms with Crippen LogP contribution in [0.15, 0.2) is 6.20 Å². The van der Waals surface area contributed by atoms with Gasteiger partial charge in [0.1, 0.15) is 0 Å². The van der Waals surface area contributed by atoms with E-state index in [-0.39, 0.29) is 5.54 Å². The number of nitrogens with zero attached hydrogens (tertiary/aromatic N) is 2. The number of aryl methyl sites for hydroxylation is 1. The van der Waals surface area contributed by atoms with Crippen molar-refractivity contribution >= 4 is 0 Å². The first-order valence-corrected chi connectivity index (χ1v) is 5.26. The Morgan fingerprint density at radius 1 is 1.57 bits per heavy atom. The van der Waals surface area contributed by atoms with Gasteiger partial charge in [0.05, 0.1) is 6.20 Å². The third-order valence-corrected chi connectivity index (χ3v) is 3.53. The molecule has 0 aromatic carbocycles. The van der Waals surface area contributed by atoms with E-state index in [1.807, 2.05) is 17.9 Å². The summed E-state index contributed by atoms with van der Waals surface area (Å²) in [5, 5.41) is 7.86. The molecule has 1 unspecified atom stereocenters. The van der Waals surface area contributed by atoms with E-state index in [9.17, 15) is 0 Å². The second-order valence-corrected chi connectivity index (χ2v) is 4.80. The third kappa shape index (κ3) is 1.36. The van der Waals surface area contributed by atoms with E-state index in [1.54, 1.807) is 0 Å². The molecule has 1 N–H and O–H groups in total. The molecule has 1 aromatic rings. The van der Waals surface area contributed by atoms with E-state index in [4.69, 9.17) is 0 Å². The zero-order chi connectivity index (χ0) is 10.3. The number of aromatic nitrogens is 2. The quantitative estimate of drug-likeness (QED) is 0.734. The molecule has 0 bridgehead atoms. The van der Waals surface area contributed by atoms with Crippen LogP contribution in [0.5, 0.6) is 0 Å². The molecule has 1 saturated heterocycles. The van der Waals surface area contributed by atoms with E-state index < -0.39 is 0 Å². The summed E-state index contributed by atoms with van der Waals surface area (Å²) in [6.45, 7) is 7.82. The number of nitrogens with one attached hydrogen (secondary N) is 1. The Morgan fingerprint density at radius 2 is 2.29 bits per heavy atom. The molecule has 14 heavy (non-hydrogen) atoms. The molecule has 1 aliphatic heterocycles. The van der Waals surface area contributed by atoms with Gasteiger partial charge in [-0.05, 0) is 39.3 Å². The monoisotopic (exact) mass is 193 g/mol. The van der Waals surface area contributed by atoms with Gasteiger partial charge in [0, 0.05) is 24.2 Å². The van der Waals surface area contributed by atoms with Crippen molar-refractivity contribution in [2.45, 2.75) is 38.6 Å². The Hall–Kier alpha value is -0.830. The van der Waals surface area contributed by atoms with Crippen LogP contribution < -0.4 is 5.32 Å². The lowest BCUT2D eigenvalue weighted by atomic mass is 9.84. The predicted molar refractivity (Wildman–Crippen MR) is 57.4 cm³/mol. The van der Waals surface area contributed by atoms with E-state index in [0.717, 1.165) is 6.54 Å². The van der Waals surface area contributed by atoms with Crippen molar-refractivity contribution in [1.82, 2.24) is 15.1 Å². The largest absolute Gasteiger partial charge is 0.311 e. The second-order valence-electron chi connectivity index (χ2n) is 4.80. The fraction of sp³-hybridized carbons (Fsp3) is 0.727. The highest BCUT2D eigenvalue weighted by atomic mass is 15.3. The Morgan fingerprint density at radius 3 is 2.71 bits per heavy atom. The molecule has 0 aliphatic carbocycles. The van der Waals surface area contributed by atoms with Gasteiger partial charge in [-0.25, -0.2) is 0 Å². The summed E-state index contributed by atoms with van der Waals surface area (Å²) in [5.41, 5.74) is 2.92. The first-order chi connectivity index (χ1) is 6.52. The van der Waals surface area contributed by atoms with E-state index in [2.05, 4.69) is 31.2 Å². The van der Waals surface area contributed by atoms with Crippen LogP contribution in [0.2, 0.25) is 0 Å². The summed E-state index contributed by atoms with van der Waals surface area (Å²) in [5.74, 6) is 0.608. The SMILES string of the molecule is Cc1c(C2CCNC2(C)C)cnn1C. The zero-order valence-corrected chi connectivity index (χ0v) is 9.46. The number of hydrogen-bond acceptors (Lipinski definition) is 2. The average molecular weight is 193 g/mol. The second kappa shape index (κ2) is 3.09. The molecule has 1 atom stereocenters. The molecule has 0 spiro atoms. The summed E-state index contributed by atoms with van der Waals surface area (Å²) in [6, 6.07) is 0. The minimum atomic E-state index is 0.216. The van der Waals surface area contributed by atoms with Gasteiger partial charge >= 0.3 is 0 Å². The summed E-state index contributed by atoms with van der Waals surface area (Å²) in [7, 11) is 2.01. The first kappa shape index (κ1) is 9.71. The predicted octanol–water partition coefficient (Wildman–Crippen LogP) is 1.58. The van der Waals surface area contributed by atoms with Crippen molar-refractivity contribution in [2.75, 3.05) is 6.54 Å². The molecule has 3 heteroatoms. The summed E-state index contributed by atoms with van der Waals surface area (Å²) in [6.07, 6.45) is 3.24. The number of rotatable bonds is 1. The minimum Gasteiger partial charge on any atom is -0.311 e. The van der Waals surface area contributed by atoms with Crippen LogP contribution >= 0.6 is 0 Å². The van der Waals surface area contributed by atoms with Crippen molar-refractivity contribution < 1.29 is 0 Å². The lowest BCUT2D eigenvalue weighted by Crippen LogP contribution is -2.37. The van der Waals surface area contributed by atoms with Crippen LogP contribution in [0.3, 0.4) is 0 Å². The Kier molecular flexibility index (Phi) is 2.14. The average Bonchev–Trinajstić information content (AvgIpc) is 2.59. The molecular weight excluding hydrogens is 174 g/mol. The van der Waals surface area contributed by atoms with Gasteiger partial charge in [0.2, 0.25) is 0 Å². The normalized spacial score (nSPS) is 25.6. The first-order valence-electron chi connectivity index (χ1n) is 5.26. The highest BCUT2D eigenvalue weighted by molar-refractivity contribution is 5.26. The van der Waals surface area contributed by atoms with Crippen molar-refractivity contribution in [3.8, 4) is 0 Å². The Labute approximate surface area is 85.5 Å². The maximum atomic E-state index is 4.32. The van der Waals surface area contributed by atoms with Gasteiger partial charge in [0.25, 0.3) is 0 Å². The van der Waals surface area contributed by atoms with Crippen LogP contribution in [0.4, 0.5) is 0 Å². The standard InChI is InChI=1S/C11H19N3/c1-8-9(7-13-14(8)4)10-5-6-12-11(10,2)3/h7,10,12H,5-6H2,1-4H3. The Balaban J connectivity index is 2.36. The van der Waals surface area contributed by atoms with Gasteiger partial charge in [-0.15, -0.1) is 0 Å². The maximum absolute atomic E-state index is 4.32. The van der Waals surface area contributed by atoms with Crippen LogP contribution in [0.25, 0.3) is 0 Å². The van der Waals surface area contributed by atoms with Crippen molar-refractivity contribution in [3.05, 3.63) is 17.5 Å². The fourth-order valence-corrected chi connectivity index (χ4v) is 2.42. The molecule has 1 aromatic heterocycles. The third-order valence-electron chi connectivity index (χ3n) is 3.53. The summed E-state index contributed by atoms with van der Waals surface area (Å²) >= 11 is 0. The van der Waals surface area contributed by atoms with E-state index in [0.29, 0.717) is 5.92 Å². The highest BCUT2D eigenvalue weighted by Gasteiger charge is 2.36. The molecule has 3 nitrogen and oxygen atoms in total. The van der Waals surface area contributed by atoms with Gasteiger partial charge in [-0.2, -0.15) is 5.10 Å². The maximum Gasteiger partial charge on any atom is 0.0527 e. The molecule has 0 amide bonds. The molecule has 1 fully saturated rings. The smallest absolute Gasteiger partial charge is 0.0527 e. The molecule has 2 rings (SSSR count). The summed E-state index contributed by atoms with van der Waals surface area (Å²) < 4.78 is 1.96. The summed E-state index contributed by atoms with van der Waals surface area (Å²) in [4.78, 5) is 0. The van der Waals surface area contributed by atoms with E-state index in [1.165, 1.54) is 17.7 Å².